The van der Waals surface area contributed by atoms with Gasteiger partial charge in [0.1, 0.15) is 13.3 Å². The molecule has 1 aliphatic rings. The number of imide groups is 1. The lowest BCUT2D eigenvalue weighted by atomic mass is 10.4. The Morgan fingerprint density at radius 3 is 2.38 bits per heavy atom. The number of amides is 2. The van der Waals surface area contributed by atoms with E-state index in [1.54, 1.807) is 0 Å². The van der Waals surface area contributed by atoms with Crippen molar-refractivity contribution in [2.24, 2.45) is 0 Å². The smallest absolute Gasteiger partial charge is 0.329 e. The first-order valence-corrected chi connectivity index (χ1v) is 3.74. The van der Waals surface area contributed by atoms with Crippen LogP contribution in [0.15, 0.2) is 0 Å². The van der Waals surface area contributed by atoms with Gasteiger partial charge in [0.2, 0.25) is 11.8 Å². The first kappa shape index (κ1) is 9.66. The second kappa shape index (κ2) is 3.99. The third kappa shape index (κ3) is 2.51. The Bertz CT molecular complexity index is 233. The summed E-state index contributed by atoms with van der Waals surface area (Å²) in [5.74, 6) is -1.75. The summed E-state index contributed by atoms with van der Waals surface area (Å²) in [5, 5.41) is 8.21. The third-order valence-corrected chi connectivity index (χ3v) is 1.60. The van der Waals surface area contributed by atoms with Gasteiger partial charge in [-0.15, -0.1) is 0 Å². The maximum Gasteiger partial charge on any atom is 0.329 e. The predicted octanol–water partition coefficient (Wildman–Crippen LogP) is -0.806. The fraction of sp³-hybridized carbons (Fsp3) is 0.571. The van der Waals surface area contributed by atoms with Crippen molar-refractivity contribution in [3.8, 4) is 0 Å². The molecule has 1 saturated heterocycles. The normalized spacial score (nSPS) is 16.8. The van der Waals surface area contributed by atoms with Crippen LogP contribution < -0.4 is 0 Å². The van der Waals surface area contributed by atoms with Crippen molar-refractivity contribution in [1.29, 1.82) is 0 Å². The van der Waals surface area contributed by atoms with Crippen molar-refractivity contribution in [2.75, 3.05) is 13.3 Å². The Balaban J connectivity index is 2.31. The summed E-state index contributed by atoms with van der Waals surface area (Å²) in [6, 6.07) is 0. The van der Waals surface area contributed by atoms with Crippen molar-refractivity contribution in [2.45, 2.75) is 12.8 Å². The van der Waals surface area contributed by atoms with E-state index in [1.165, 1.54) is 0 Å². The SMILES string of the molecule is O=C(O)COCN1C(=O)CCC1=O. The van der Waals surface area contributed by atoms with E-state index in [-0.39, 0.29) is 31.4 Å². The van der Waals surface area contributed by atoms with Gasteiger partial charge in [0, 0.05) is 12.8 Å². The van der Waals surface area contributed by atoms with Gasteiger partial charge >= 0.3 is 5.97 Å². The molecule has 13 heavy (non-hydrogen) atoms. The van der Waals surface area contributed by atoms with Crippen molar-refractivity contribution in [3.63, 3.8) is 0 Å². The number of hydrogen-bond donors (Lipinski definition) is 1. The first-order valence-electron chi connectivity index (χ1n) is 3.74. The first-order chi connectivity index (χ1) is 6.11. The Morgan fingerprint density at radius 2 is 1.92 bits per heavy atom. The summed E-state index contributed by atoms with van der Waals surface area (Å²) in [4.78, 5) is 32.8. The summed E-state index contributed by atoms with van der Waals surface area (Å²) in [7, 11) is 0. The Labute approximate surface area is 74.1 Å². The van der Waals surface area contributed by atoms with Crippen LogP contribution in [0.4, 0.5) is 0 Å². The van der Waals surface area contributed by atoms with Crippen molar-refractivity contribution < 1.29 is 24.2 Å². The summed E-state index contributed by atoms with van der Waals surface area (Å²) in [5.41, 5.74) is 0. The fourth-order valence-electron chi connectivity index (χ4n) is 0.991. The number of carboxylic acid groups (broad SMARTS) is 1. The maximum absolute atomic E-state index is 10.9. The topological polar surface area (TPSA) is 83.9 Å². The van der Waals surface area contributed by atoms with Gasteiger partial charge in [-0.05, 0) is 0 Å². The van der Waals surface area contributed by atoms with E-state index >= 15 is 0 Å². The van der Waals surface area contributed by atoms with Crippen LogP contribution in [0.25, 0.3) is 0 Å². The van der Waals surface area contributed by atoms with E-state index in [0.717, 1.165) is 4.90 Å². The molecule has 0 aliphatic carbocycles. The van der Waals surface area contributed by atoms with Crippen LogP contribution in [-0.4, -0.2) is 41.1 Å². The molecule has 6 nitrogen and oxygen atoms in total. The summed E-state index contributed by atoms with van der Waals surface area (Å²) < 4.78 is 4.60. The molecule has 0 unspecified atom stereocenters. The number of hydrogen-bond acceptors (Lipinski definition) is 4. The molecule has 72 valence electrons. The van der Waals surface area contributed by atoms with Crippen LogP contribution >= 0.6 is 0 Å². The minimum atomic E-state index is -1.13. The van der Waals surface area contributed by atoms with Crippen LogP contribution in [-0.2, 0) is 19.1 Å². The zero-order valence-corrected chi connectivity index (χ0v) is 6.86. The molecule has 0 spiro atoms. The molecule has 1 rings (SSSR count). The largest absolute Gasteiger partial charge is 0.480 e. The van der Waals surface area contributed by atoms with Crippen LogP contribution in [0.3, 0.4) is 0 Å². The van der Waals surface area contributed by atoms with Crippen molar-refractivity contribution >= 4 is 17.8 Å². The van der Waals surface area contributed by atoms with Gasteiger partial charge in [-0.3, -0.25) is 14.5 Å². The van der Waals surface area contributed by atoms with E-state index in [1.807, 2.05) is 0 Å². The van der Waals surface area contributed by atoms with Gasteiger partial charge in [0.15, 0.2) is 0 Å². The van der Waals surface area contributed by atoms with Crippen LogP contribution in [0.1, 0.15) is 12.8 Å². The molecule has 1 heterocycles. The summed E-state index contributed by atoms with van der Waals surface area (Å²) in [6.45, 7) is -0.763. The number of carbonyl (C=O) groups excluding carboxylic acids is 2. The summed E-state index contributed by atoms with van der Waals surface area (Å²) in [6.07, 6.45) is 0.379. The van der Waals surface area contributed by atoms with Gasteiger partial charge < -0.3 is 9.84 Å². The van der Waals surface area contributed by atoms with E-state index < -0.39 is 12.6 Å². The molecule has 0 aromatic rings. The molecule has 0 aromatic carbocycles. The number of carboxylic acids is 1. The predicted molar refractivity (Wildman–Crippen MR) is 39.5 cm³/mol. The number of aliphatic carboxylic acids is 1. The number of nitrogens with zero attached hydrogens (tertiary/aromatic N) is 1. The molecule has 0 bridgehead atoms. The maximum atomic E-state index is 10.9. The fourth-order valence-corrected chi connectivity index (χ4v) is 0.991. The molecular weight excluding hydrogens is 178 g/mol. The molecule has 1 aliphatic heterocycles. The van der Waals surface area contributed by atoms with E-state index in [2.05, 4.69) is 4.74 Å². The van der Waals surface area contributed by atoms with Gasteiger partial charge in [0.05, 0.1) is 0 Å². The quantitative estimate of drug-likeness (QED) is 0.582. The van der Waals surface area contributed by atoms with E-state index in [4.69, 9.17) is 5.11 Å². The van der Waals surface area contributed by atoms with Crippen LogP contribution in [0.5, 0.6) is 0 Å². The third-order valence-electron chi connectivity index (χ3n) is 1.60. The molecule has 0 atom stereocenters. The Hall–Kier alpha value is -1.43. The lowest BCUT2D eigenvalue weighted by Crippen LogP contribution is -2.32. The molecule has 1 fully saturated rings. The van der Waals surface area contributed by atoms with Crippen LogP contribution in [0.2, 0.25) is 0 Å². The highest BCUT2D eigenvalue weighted by Crippen LogP contribution is 2.10. The molecule has 0 saturated carbocycles. The lowest BCUT2D eigenvalue weighted by Gasteiger charge is -2.12. The van der Waals surface area contributed by atoms with Gasteiger partial charge in [-0.25, -0.2) is 4.79 Å². The molecular formula is C7H9NO5. The average Bonchev–Trinajstić information content (AvgIpc) is 2.34. The highest BCUT2D eigenvalue weighted by Gasteiger charge is 2.28. The Morgan fingerprint density at radius 1 is 1.38 bits per heavy atom. The highest BCUT2D eigenvalue weighted by molar-refractivity contribution is 6.01. The molecule has 1 N–H and O–H groups in total. The van der Waals surface area contributed by atoms with Crippen molar-refractivity contribution in [3.05, 3.63) is 0 Å². The van der Waals surface area contributed by atoms with Crippen LogP contribution in [0, 0.1) is 0 Å². The zero-order chi connectivity index (χ0) is 9.84. The molecule has 0 aromatic heterocycles. The lowest BCUT2D eigenvalue weighted by molar-refractivity contribution is -0.152. The van der Waals surface area contributed by atoms with E-state index in [0.29, 0.717) is 0 Å². The zero-order valence-electron chi connectivity index (χ0n) is 6.86. The molecule has 0 radical (unpaired) electrons. The highest BCUT2D eigenvalue weighted by atomic mass is 16.5. The van der Waals surface area contributed by atoms with Gasteiger partial charge in [-0.2, -0.15) is 0 Å². The monoisotopic (exact) mass is 187 g/mol. The van der Waals surface area contributed by atoms with E-state index in [9.17, 15) is 14.4 Å². The number of rotatable bonds is 4. The Kier molecular flexibility index (Phi) is 2.97. The minimum Gasteiger partial charge on any atom is -0.480 e. The molecule has 2 amide bonds. The number of likely N-dealkylation sites (tertiary alicyclic amines) is 1. The summed E-state index contributed by atoms with van der Waals surface area (Å²) >= 11 is 0. The number of carbonyl (C=O) groups is 3. The minimum absolute atomic E-state index is 0.190. The standard InChI is InChI=1S/C7H9NO5/c9-5-1-2-6(10)8(5)4-13-3-7(11)12/h1-4H2,(H,11,12). The number of ether oxygens (including phenoxy) is 1. The second-order valence-corrected chi connectivity index (χ2v) is 2.59. The molecule has 6 heteroatoms. The van der Waals surface area contributed by atoms with Gasteiger partial charge in [0.25, 0.3) is 0 Å². The average molecular weight is 187 g/mol. The van der Waals surface area contributed by atoms with Crippen molar-refractivity contribution in [1.82, 2.24) is 4.90 Å². The second-order valence-electron chi connectivity index (χ2n) is 2.59. The van der Waals surface area contributed by atoms with Gasteiger partial charge in [-0.1, -0.05) is 0 Å².